The Morgan fingerprint density at radius 3 is 2.26 bits per heavy atom. The van der Waals surface area contributed by atoms with Crippen molar-refractivity contribution in [3.05, 3.63) is 94.0 Å². The SMILES string of the molecule is CCCNC(=O)C(CC)N(Cc1ccccc1Cl)C(=O)CN(c1cccc(C)c1)S(=O)(=O)c1ccc(Cl)cc1. The third kappa shape index (κ3) is 7.75. The minimum atomic E-state index is -4.16. The van der Waals surface area contributed by atoms with Crippen LogP contribution in [0.25, 0.3) is 0 Å². The van der Waals surface area contributed by atoms with Crippen molar-refractivity contribution in [3.63, 3.8) is 0 Å². The Labute approximate surface area is 240 Å². The molecule has 0 aliphatic rings. The number of aryl methyl sites for hydroxylation is 1. The maximum absolute atomic E-state index is 14.0. The van der Waals surface area contributed by atoms with Crippen LogP contribution in [0.1, 0.15) is 37.8 Å². The van der Waals surface area contributed by atoms with Crippen LogP contribution in [0, 0.1) is 6.92 Å². The predicted molar refractivity (Wildman–Crippen MR) is 157 cm³/mol. The number of halogens is 2. The zero-order valence-electron chi connectivity index (χ0n) is 22.2. The lowest BCUT2D eigenvalue weighted by Gasteiger charge is -2.33. The third-order valence-corrected chi connectivity index (χ3v) is 8.61. The molecule has 3 aromatic carbocycles. The molecule has 0 aliphatic heterocycles. The summed E-state index contributed by atoms with van der Waals surface area (Å²) in [4.78, 5) is 28.5. The van der Waals surface area contributed by atoms with E-state index in [9.17, 15) is 18.0 Å². The molecular weight excluding hydrogens is 557 g/mol. The fraction of sp³-hybridized carbons (Fsp3) is 0.310. The van der Waals surface area contributed by atoms with Crippen molar-refractivity contribution in [2.45, 2.75) is 51.1 Å². The highest BCUT2D eigenvalue weighted by Crippen LogP contribution is 2.27. The van der Waals surface area contributed by atoms with Crippen molar-refractivity contribution in [1.82, 2.24) is 10.2 Å². The van der Waals surface area contributed by atoms with Crippen molar-refractivity contribution in [1.29, 1.82) is 0 Å². The highest BCUT2D eigenvalue weighted by molar-refractivity contribution is 7.92. The number of hydrogen-bond donors (Lipinski definition) is 1. The summed E-state index contributed by atoms with van der Waals surface area (Å²) in [6.45, 7) is 5.58. The topological polar surface area (TPSA) is 86.8 Å². The fourth-order valence-electron chi connectivity index (χ4n) is 4.14. The van der Waals surface area contributed by atoms with Crippen LogP contribution < -0.4 is 9.62 Å². The first kappa shape index (κ1) is 30.5. The average Bonchev–Trinajstić information content (AvgIpc) is 2.91. The average molecular weight is 591 g/mol. The molecular formula is C29H33Cl2N3O4S. The Morgan fingerprint density at radius 2 is 1.64 bits per heavy atom. The monoisotopic (exact) mass is 589 g/mol. The summed E-state index contributed by atoms with van der Waals surface area (Å²) in [7, 11) is -4.16. The molecule has 7 nitrogen and oxygen atoms in total. The quantitative estimate of drug-likeness (QED) is 0.288. The third-order valence-electron chi connectivity index (χ3n) is 6.20. The van der Waals surface area contributed by atoms with Crippen LogP contribution in [0.5, 0.6) is 0 Å². The van der Waals surface area contributed by atoms with E-state index in [2.05, 4.69) is 5.32 Å². The standard InChI is InChI=1S/C29H33Cl2N3O4S/c1-4-17-32-29(36)27(5-2)33(19-22-10-6-7-12-26(22)31)28(35)20-34(24-11-8-9-21(3)18-24)39(37,38)25-15-13-23(30)14-16-25/h6-16,18,27H,4-5,17,19-20H2,1-3H3,(H,32,36). The molecule has 0 heterocycles. The Balaban J connectivity index is 2.06. The molecule has 3 aromatic rings. The van der Waals surface area contributed by atoms with Crippen molar-refractivity contribution in [3.8, 4) is 0 Å². The normalized spacial score (nSPS) is 12.0. The molecule has 1 unspecified atom stereocenters. The van der Waals surface area contributed by atoms with Crippen molar-refractivity contribution in [2.75, 3.05) is 17.4 Å². The van der Waals surface area contributed by atoms with Crippen molar-refractivity contribution < 1.29 is 18.0 Å². The van der Waals surface area contributed by atoms with E-state index in [1.807, 2.05) is 26.8 Å². The second-order valence-electron chi connectivity index (χ2n) is 9.13. The highest BCUT2D eigenvalue weighted by atomic mass is 35.5. The maximum Gasteiger partial charge on any atom is 0.264 e. The zero-order valence-corrected chi connectivity index (χ0v) is 24.6. The molecule has 0 bridgehead atoms. The van der Waals surface area contributed by atoms with Gasteiger partial charge in [-0.15, -0.1) is 0 Å². The molecule has 0 fully saturated rings. The van der Waals surface area contributed by atoms with E-state index in [4.69, 9.17) is 23.2 Å². The molecule has 0 saturated carbocycles. The van der Waals surface area contributed by atoms with Gasteiger partial charge in [-0.1, -0.05) is 67.4 Å². The van der Waals surface area contributed by atoms with Crippen molar-refractivity contribution in [2.24, 2.45) is 0 Å². The Morgan fingerprint density at radius 1 is 0.949 bits per heavy atom. The predicted octanol–water partition coefficient (Wildman–Crippen LogP) is 5.83. The summed E-state index contributed by atoms with van der Waals surface area (Å²) in [5.41, 5.74) is 1.81. The van der Waals surface area contributed by atoms with E-state index in [1.54, 1.807) is 42.5 Å². The van der Waals surface area contributed by atoms with E-state index in [0.29, 0.717) is 34.3 Å². The van der Waals surface area contributed by atoms with Gasteiger partial charge >= 0.3 is 0 Å². The van der Waals surface area contributed by atoms with Gasteiger partial charge in [0, 0.05) is 23.1 Å². The first-order chi connectivity index (χ1) is 18.6. The lowest BCUT2D eigenvalue weighted by molar-refractivity contribution is -0.140. The molecule has 0 saturated heterocycles. The number of nitrogens with zero attached hydrogens (tertiary/aromatic N) is 2. The van der Waals surface area contributed by atoms with Crippen LogP contribution in [-0.4, -0.2) is 44.3 Å². The number of carbonyl (C=O) groups excluding carboxylic acids is 2. The summed E-state index contributed by atoms with van der Waals surface area (Å²) < 4.78 is 28.8. The smallest absolute Gasteiger partial charge is 0.264 e. The first-order valence-corrected chi connectivity index (χ1v) is 14.9. The van der Waals surface area contributed by atoms with Crippen LogP contribution in [0.2, 0.25) is 10.0 Å². The summed E-state index contributed by atoms with van der Waals surface area (Å²) in [6, 6.07) is 18.9. The molecule has 2 amide bonds. The van der Waals surface area contributed by atoms with Gasteiger partial charge in [0.15, 0.2) is 0 Å². The summed E-state index contributed by atoms with van der Waals surface area (Å²) in [5.74, 6) is -0.838. The molecule has 0 aromatic heterocycles. The van der Waals surface area contributed by atoms with E-state index >= 15 is 0 Å². The van der Waals surface area contributed by atoms with Gasteiger partial charge in [-0.3, -0.25) is 13.9 Å². The first-order valence-electron chi connectivity index (χ1n) is 12.7. The van der Waals surface area contributed by atoms with Crippen LogP contribution in [0.4, 0.5) is 5.69 Å². The minimum absolute atomic E-state index is 0.00779. The lowest BCUT2D eigenvalue weighted by atomic mass is 10.1. The van der Waals surface area contributed by atoms with E-state index in [0.717, 1.165) is 16.3 Å². The van der Waals surface area contributed by atoms with E-state index in [-0.39, 0.29) is 17.3 Å². The zero-order chi connectivity index (χ0) is 28.6. The minimum Gasteiger partial charge on any atom is -0.354 e. The van der Waals surface area contributed by atoms with Gasteiger partial charge < -0.3 is 10.2 Å². The van der Waals surface area contributed by atoms with Gasteiger partial charge in [0.05, 0.1) is 10.6 Å². The van der Waals surface area contributed by atoms with Gasteiger partial charge in [-0.2, -0.15) is 0 Å². The summed E-state index contributed by atoms with van der Waals surface area (Å²) >= 11 is 12.4. The van der Waals surface area contributed by atoms with E-state index in [1.165, 1.54) is 29.2 Å². The summed E-state index contributed by atoms with van der Waals surface area (Å²) in [6.07, 6.45) is 1.07. The van der Waals surface area contributed by atoms with Gasteiger partial charge in [-0.05, 0) is 73.4 Å². The largest absolute Gasteiger partial charge is 0.354 e. The molecule has 10 heteroatoms. The maximum atomic E-state index is 14.0. The molecule has 0 aliphatic carbocycles. The highest BCUT2D eigenvalue weighted by Gasteiger charge is 2.33. The molecule has 1 N–H and O–H groups in total. The Bertz CT molecular complexity index is 1400. The van der Waals surface area contributed by atoms with Crippen LogP contribution >= 0.6 is 23.2 Å². The number of benzene rings is 3. The van der Waals surface area contributed by atoms with Gasteiger partial charge in [0.1, 0.15) is 12.6 Å². The van der Waals surface area contributed by atoms with E-state index < -0.39 is 28.5 Å². The second kappa shape index (κ2) is 13.8. The fourth-order valence-corrected chi connectivity index (χ4v) is 5.87. The van der Waals surface area contributed by atoms with Gasteiger partial charge in [-0.25, -0.2) is 8.42 Å². The molecule has 0 radical (unpaired) electrons. The number of sulfonamides is 1. The number of hydrogen-bond acceptors (Lipinski definition) is 4. The van der Waals surface area contributed by atoms with Gasteiger partial charge in [0.25, 0.3) is 10.0 Å². The molecule has 1 atom stereocenters. The number of nitrogens with one attached hydrogen (secondary N) is 1. The Kier molecular flexibility index (Phi) is 10.8. The molecule has 208 valence electrons. The molecule has 39 heavy (non-hydrogen) atoms. The Hall–Kier alpha value is -3.07. The number of carbonyl (C=O) groups is 2. The number of anilines is 1. The second-order valence-corrected chi connectivity index (χ2v) is 11.8. The number of amides is 2. The summed E-state index contributed by atoms with van der Waals surface area (Å²) in [5, 5.41) is 3.70. The number of rotatable bonds is 12. The van der Waals surface area contributed by atoms with Crippen LogP contribution in [0.15, 0.2) is 77.7 Å². The molecule has 0 spiro atoms. The van der Waals surface area contributed by atoms with Crippen molar-refractivity contribution >= 4 is 50.7 Å². The van der Waals surface area contributed by atoms with Gasteiger partial charge in [0.2, 0.25) is 11.8 Å². The lowest BCUT2D eigenvalue weighted by Crippen LogP contribution is -2.52. The van der Waals surface area contributed by atoms with Crippen LogP contribution in [-0.2, 0) is 26.2 Å². The van der Waals surface area contributed by atoms with Crippen LogP contribution in [0.3, 0.4) is 0 Å². The molecule has 3 rings (SSSR count).